The molecule has 1 aliphatic heterocycles. The van der Waals surface area contributed by atoms with E-state index in [0.29, 0.717) is 19.0 Å². The van der Waals surface area contributed by atoms with Crippen LogP contribution in [0.25, 0.3) is 0 Å². The molecule has 6 nitrogen and oxygen atoms in total. The standard InChI is InChI=1S/C14H22N4O2/c1-9(2)10-7-18(8-11(10)14(19)20)13-12(17(3)4)15-5-6-16-13/h5-6,9-11H,7-8H2,1-4H3,(H,19,20)/t10-,11+/m1/s1. The van der Waals surface area contributed by atoms with E-state index in [4.69, 9.17) is 0 Å². The van der Waals surface area contributed by atoms with Crippen LogP contribution in [0.1, 0.15) is 13.8 Å². The normalized spacial score (nSPS) is 22.4. The summed E-state index contributed by atoms with van der Waals surface area (Å²) >= 11 is 0. The third-order valence-electron chi connectivity index (χ3n) is 3.92. The molecule has 2 atom stereocenters. The van der Waals surface area contributed by atoms with Crippen LogP contribution in [0.2, 0.25) is 0 Å². The Labute approximate surface area is 119 Å². The Morgan fingerprint density at radius 2 is 2.00 bits per heavy atom. The molecule has 0 spiro atoms. The lowest BCUT2D eigenvalue weighted by Gasteiger charge is -2.23. The lowest BCUT2D eigenvalue weighted by molar-refractivity contribution is -0.142. The number of nitrogens with zero attached hydrogens (tertiary/aromatic N) is 4. The van der Waals surface area contributed by atoms with E-state index < -0.39 is 5.97 Å². The second-order valence-electron chi connectivity index (χ2n) is 5.86. The quantitative estimate of drug-likeness (QED) is 0.896. The van der Waals surface area contributed by atoms with Crippen LogP contribution in [0, 0.1) is 17.8 Å². The lowest BCUT2D eigenvalue weighted by atomic mass is 9.86. The Morgan fingerprint density at radius 1 is 1.35 bits per heavy atom. The summed E-state index contributed by atoms with van der Waals surface area (Å²) in [5, 5.41) is 9.40. The van der Waals surface area contributed by atoms with E-state index in [1.54, 1.807) is 12.4 Å². The SMILES string of the molecule is CC(C)[C@H]1CN(c2nccnc2N(C)C)C[C@@H]1C(=O)O. The number of anilines is 2. The van der Waals surface area contributed by atoms with Gasteiger partial charge in [0.1, 0.15) is 0 Å². The Balaban J connectivity index is 2.29. The molecule has 0 amide bonds. The highest BCUT2D eigenvalue weighted by Gasteiger charge is 2.40. The molecule has 2 rings (SSSR count). The molecule has 0 radical (unpaired) electrons. The van der Waals surface area contributed by atoms with Crippen molar-refractivity contribution in [2.75, 3.05) is 37.0 Å². The van der Waals surface area contributed by atoms with Crippen LogP contribution in [-0.2, 0) is 4.79 Å². The van der Waals surface area contributed by atoms with E-state index >= 15 is 0 Å². The third-order valence-corrected chi connectivity index (χ3v) is 3.92. The van der Waals surface area contributed by atoms with Crippen LogP contribution in [0.5, 0.6) is 0 Å². The number of hydrogen-bond donors (Lipinski definition) is 1. The fraction of sp³-hybridized carbons (Fsp3) is 0.643. The molecule has 1 aliphatic rings. The van der Waals surface area contributed by atoms with Gasteiger partial charge in [-0.05, 0) is 11.8 Å². The molecule has 1 fully saturated rings. The summed E-state index contributed by atoms with van der Waals surface area (Å²) in [5.74, 6) is 0.964. The molecule has 0 unspecified atom stereocenters. The number of carbonyl (C=O) groups is 1. The van der Waals surface area contributed by atoms with Gasteiger partial charge >= 0.3 is 5.97 Å². The highest BCUT2D eigenvalue weighted by molar-refractivity contribution is 5.73. The molecule has 6 heteroatoms. The fourth-order valence-electron chi connectivity index (χ4n) is 2.80. The van der Waals surface area contributed by atoms with Crippen LogP contribution in [0.3, 0.4) is 0 Å². The molecule has 2 heterocycles. The number of carboxylic acid groups (broad SMARTS) is 1. The summed E-state index contributed by atoms with van der Waals surface area (Å²) in [6.07, 6.45) is 3.31. The molecule has 1 N–H and O–H groups in total. The monoisotopic (exact) mass is 278 g/mol. The van der Waals surface area contributed by atoms with Gasteiger partial charge in [0.2, 0.25) is 0 Å². The van der Waals surface area contributed by atoms with E-state index in [1.807, 2.05) is 23.9 Å². The van der Waals surface area contributed by atoms with Gasteiger partial charge in [0.05, 0.1) is 5.92 Å². The maximum Gasteiger partial charge on any atom is 0.308 e. The van der Waals surface area contributed by atoms with Crippen LogP contribution < -0.4 is 9.80 Å². The van der Waals surface area contributed by atoms with Gasteiger partial charge in [-0.2, -0.15) is 0 Å². The highest BCUT2D eigenvalue weighted by atomic mass is 16.4. The molecule has 20 heavy (non-hydrogen) atoms. The predicted molar refractivity (Wildman–Crippen MR) is 78.0 cm³/mol. The number of aromatic nitrogens is 2. The van der Waals surface area contributed by atoms with Crippen LogP contribution in [0.4, 0.5) is 11.6 Å². The molecule has 1 aromatic heterocycles. The van der Waals surface area contributed by atoms with E-state index in [9.17, 15) is 9.90 Å². The zero-order valence-electron chi connectivity index (χ0n) is 12.4. The average Bonchev–Trinajstić information content (AvgIpc) is 2.83. The first-order chi connectivity index (χ1) is 9.41. The molecule has 0 saturated carbocycles. The molecule has 0 bridgehead atoms. The van der Waals surface area contributed by atoms with E-state index in [0.717, 1.165) is 11.6 Å². The van der Waals surface area contributed by atoms with Gasteiger partial charge in [0, 0.05) is 39.6 Å². The number of aliphatic carboxylic acids is 1. The number of rotatable bonds is 4. The van der Waals surface area contributed by atoms with E-state index in [1.165, 1.54) is 0 Å². The fourth-order valence-corrected chi connectivity index (χ4v) is 2.80. The molecule has 110 valence electrons. The van der Waals surface area contributed by atoms with Crippen molar-refractivity contribution in [3.63, 3.8) is 0 Å². The molecule has 1 aromatic rings. The van der Waals surface area contributed by atoms with Crippen molar-refractivity contribution in [2.24, 2.45) is 17.8 Å². The average molecular weight is 278 g/mol. The summed E-state index contributed by atoms with van der Waals surface area (Å²) < 4.78 is 0. The van der Waals surface area contributed by atoms with Gasteiger partial charge in [-0.1, -0.05) is 13.8 Å². The van der Waals surface area contributed by atoms with Crippen LogP contribution in [-0.4, -0.2) is 48.2 Å². The molecular formula is C14H22N4O2. The minimum atomic E-state index is -0.721. The maximum absolute atomic E-state index is 11.4. The number of hydrogen-bond acceptors (Lipinski definition) is 5. The number of carboxylic acids is 1. The minimum Gasteiger partial charge on any atom is -0.481 e. The van der Waals surface area contributed by atoms with Crippen molar-refractivity contribution >= 4 is 17.6 Å². The second-order valence-corrected chi connectivity index (χ2v) is 5.86. The summed E-state index contributed by atoms with van der Waals surface area (Å²) in [6, 6.07) is 0. The second kappa shape index (κ2) is 5.64. The molecular weight excluding hydrogens is 256 g/mol. The minimum absolute atomic E-state index is 0.143. The summed E-state index contributed by atoms with van der Waals surface area (Å²) in [6.45, 7) is 5.37. The van der Waals surface area contributed by atoms with Gasteiger partial charge in [-0.15, -0.1) is 0 Å². The predicted octanol–water partition coefficient (Wildman–Crippen LogP) is 1.34. The van der Waals surface area contributed by atoms with Gasteiger partial charge in [-0.25, -0.2) is 9.97 Å². The van der Waals surface area contributed by atoms with Gasteiger partial charge < -0.3 is 14.9 Å². The maximum atomic E-state index is 11.4. The smallest absolute Gasteiger partial charge is 0.308 e. The van der Waals surface area contributed by atoms with Crippen molar-refractivity contribution in [3.8, 4) is 0 Å². The molecule has 0 aromatic carbocycles. The van der Waals surface area contributed by atoms with E-state index in [2.05, 4.69) is 23.8 Å². The third kappa shape index (κ3) is 2.69. The first kappa shape index (κ1) is 14.6. The summed E-state index contributed by atoms with van der Waals surface area (Å²) in [4.78, 5) is 24.1. The summed E-state index contributed by atoms with van der Waals surface area (Å²) in [7, 11) is 3.83. The topological polar surface area (TPSA) is 69.6 Å². The van der Waals surface area contributed by atoms with E-state index in [-0.39, 0.29) is 11.8 Å². The van der Waals surface area contributed by atoms with Crippen molar-refractivity contribution < 1.29 is 9.90 Å². The lowest BCUT2D eigenvalue weighted by Crippen LogP contribution is -2.26. The zero-order valence-corrected chi connectivity index (χ0v) is 12.4. The molecule has 1 saturated heterocycles. The Morgan fingerprint density at radius 3 is 2.50 bits per heavy atom. The van der Waals surface area contributed by atoms with Crippen molar-refractivity contribution in [1.82, 2.24) is 9.97 Å². The van der Waals surface area contributed by atoms with Gasteiger partial charge in [0.25, 0.3) is 0 Å². The van der Waals surface area contributed by atoms with Crippen LogP contribution in [0.15, 0.2) is 12.4 Å². The van der Waals surface area contributed by atoms with Crippen molar-refractivity contribution in [1.29, 1.82) is 0 Å². The first-order valence-corrected chi connectivity index (χ1v) is 6.88. The van der Waals surface area contributed by atoms with Crippen LogP contribution >= 0.6 is 0 Å². The van der Waals surface area contributed by atoms with Crippen molar-refractivity contribution in [2.45, 2.75) is 13.8 Å². The molecule has 0 aliphatic carbocycles. The summed E-state index contributed by atoms with van der Waals surface area (Å²) in [5.41, 5.74) is 0. The Bertz CT molecular complexity index is 490. The Kier molecular flexibility index (Phi) is 4.11. The first-order valence-electron chi connectivity index (χ1n) is 6.88. The highest BCUT2D eigenvalue weighted by Crippen LogP contribution is 2.34. The zero-order chi connectivity index (χ0) is 14.9. The van der Waals surface area contributed by atoms with Gasteiger partial charge in [0.15, 0.2) is 11.6 Å². The Hall–Kier alpha value is -1.85. The van der Waals surface area contributed by atoms with Crippen molar-refractivity contribution in [3.05, 3.63) is 12.4 Å². The largest absolute Gasteiger partial charge is 0.481 e. The van der Waals surface area contributed by atoms with Gasteiger partial charge in [-0.3, -0.25) is 4.79 Å².